The van der Waals surface area contributed by atoms with E-state index in [9.17, 15) is 8.42 Å². The van der Waals surface area contributed by atoms with Gasteiger partial charge in [-0.1, -0.05) is 18.2 Å². The number of hydrogen-bond acceptors (Lipinski definition) is 6. The molecule has 21 heavy (non-hydrogen) atoms. The Bertz CT molecular complexity index is 719. The van der Waals surface area contributed by atoms with Gasteiger partial charge in [-0.05, 0) is 12.1 Å². The maximum Gasteiger partial charge on any atom is 0.265 e. The summed E-state index contributed by atoms with van der Waals surface area (Å²) in [5.74, 6) is 5.33. The van der Waals surface area contributed by atoms with Crippen molar-refractivity contribution in [3.05, 3.63) is 48.3 Å². The van der Waals surface area contributed by atoms with Crippen molar-refractivity contribution in [3.8, 4) is 0 Å². The molecule has 0 spiro atoms. The van der Waals surface area contributed by atoms with Gasteiger partial charge in [0.1, 0.15) is 4.90 Å². The summed E-state index contributed by atoms with van der Waals surface area (Å²) in [5.41, 5.74) is 3.79. The number of nitrogen functional groups attached to an aromatic ring is 1. The highest BCUT2D eigenvalue weighted by atomic mass is 32.2. The van der Waals surface area contributed by atoms with E-state index >= 15 is 0 Å². The number of methoxy groups -OCH3 is 1. The number of sulfonamides is 1. The second-order valence-electron chi connectivity index (χ2n) is 4.21. The van der Waals surface area contributed by atoms with E-state index in [-0.39, 0.29) is 10.6 Å². The van der Waals surface area contributed by atoms with E-state index in [2.05, 4.69) is 15.1 Å². The number of hydrogen-bond donors (Lipinski definition) is 3. The molecule has 0 bridgehead atoms. The molecular weight excluding hydrogens is 292 g/mol. The molecule has 1 aromatic heterocycles. The van der Waals surface area contributed by atoms with E-state index < -0.39 is 10.0 Å². The molecule has 1 heterocycles. The third kappa shape index (κ3) is 3.48. The number of nitrogens with zero attached hydrogens (tertiary/aromatic N) is 1. The van der Waals surface area contributed by atoms with Crippen LogP contribution in [0.15, 0.2) is 47.6 Å². The van der Waals surface area contributed by atoms with Gasteiger partial charge in [0.25, 0.3) is 10.0 Å². The van der Waals surface area contributed by atoms with Crippen LogP contribution in [0.5, 0.6) is 0 Å². The van der Waals surface area contributed by atoms with Gasteiger partial charge >= 0.3 is 0 Å². The van der Waals surface area contributed by atoms with Crippen LogP contribution >= 0.6 is 0 Å². The number of aromatic nitrogens is 1. The molecular formula is C13H16N4O3S. The van der Waals surface area contributed by atoms with Crippen molar-refractivity contribution >= 4 is 21.4 Å². The van der Waals surface area contributed by atoms with Crippen LogP contribution in [0.1, 0.15) is 5.56 Å². The molecule has 112 valence electrons. The Morgan fingerprint density at radius 3 is 2.71 bits per heavy atom. The van der Waals surface area contributed by atoms with Crippen LogP contribution in [0.3, 0.4) is 0 Å². The summed E-state index contributed by atoms with van der Waals surface area (Å²) in [6.45, 7) is 0.299. The molecule has 4 N–H and O–H groups in total. The van der Waals surface area contributed by atoms with Crippen LogP contribution in [0.2, 0.25) is 0 Å². The predicted octanol–water partition coefficient (Wildman–Crippen LogP) is 1.31. The largest absolute Gasteiger partial charge is 0.380 e. The van der Waals surface area contributed by atoms with Crippen LogP contribution < -0.4 is 16.0 Å². The zero-order valence-corrected chi connectivity index (χ0v) is 12.2. The van der Waals surface area contributed by atoms with Gasteiger partial charge in [-0.3, -0.25) is 15.5 Å². The van der Waals surface area contributed by atoms with E-state index in [0.29, 0.717) is 12.3 Å². The van der Waals surface area contributed by atoms with Crippen molar-refractivity contribution in [3.63, 3.8) is 0 Å². The topological polar surface area (TPSA) is 106 Å². The van der Waals surface area contributed by atoms with Gasteiger partial charge in [0.2, 0.25) is 0 Å². The fraction of sp³-hybridized carbons (Fsp3) is 0.154. The summed E-state index contributed by atoms with van der Waals surface area (Å²) in [6.07, 6.45) is 2.68. The molecule has 0 atom stereocenters. The Balaban J connectivity index is 2.38. The summed E-state index contributed by atoms with van der Waals surface area (Å²) in [4.78, 5) is 3.79. The first-order valence-corrected chi connectivity index (χ1v) is 7.57. The van der Waals surface area contributed by atoms with Gasteiger partial charge < -0.3 is 10.2 Å². The highest BCUT2D eigenvalue weighted by Crippen LogP contribution is 2.24. The smallest absolute Gasteiger partial charge is 0.265 e. The van der Waals surface area contributed by atoms with Crippen LogP contribution in [-0.4, -0.2) is 20.5 Å². The van der Waals surface area contributed by atoms with E-state index in [4.69, 9.17) is 10.6 Å². The van der Waals surface area contributed by atoms with Crippen LogP contribution in [0.25, 0.3) is 0 Å². The number of anilines is 2. The zero-order valence-electron chi connectivity index (χ0n) is 11.4. The first-order valence-electron chi connectivity index (χ1n) is 6.09. The number of nitrogens with one attached hydrogen (secondary N) is 2. The number of nitrogens with two attached hydrogens (primary N) is 1. The minimum atomic E-state index is -3.81. The number of benzene rings is 1. The lowest BCUT2D eigenvalue weighted by Crippen LogP contribution is -2.18. The third-order valence-electron chi connectivity index (χ3n) is 2.79. The number of ether oxygens (including phenoxy) is 1. The molecule has 1 aromatic carbocycles. The minimum absolute atomic E-state index is 0.0280. The van der Waals surface area contributed by atoms with E-state index in [1.54, 1.807) is 25.3 Å². The lowest BCUT2D eigenvalue weighted by atomic mass is 10.2. The lowest BCUT2D eigenvalue weighted by Gasteiger charge is -2.14. The SMILES string of the molecule is COCc1ccccc1NS(=O)(=O)c1cnccc1NN. The minimum Gasteiger partial charge on any atom is -0.380 e. The van der Waals surface area contributed by atoms with Gasteiger partial charge in [0.15, 0.2) is 0 Å². The highest BCUT2D eigenvalue weighted by Gasteiger charge is 2.19. The average molecular weight is 308 g/mol. The maximum absolute atomic E-state index is 12.5. The normalized spacial score (nSPS) is 11.1. The summed E-state index contributed by atoms with van der Waals surface area (Å²) >= 11 is 0. The Hall–Kier alpha value is -2.16. The molecule has 0 amide bonds. The van der Waals surface area contributed by atoms with Crippen molar-refractivity contribution in [1.82, 2.24) is 4.98 Å². The van der Waals surface area contributed by atoms with Crippen molar-refractivity contribution in [1.29, 1.82) is 0 Å². The molecule has 0 fully saturated rings. The van der Waals surface area contributed by atoms with Gasteiger partial charge in [0.05, 0.1) is 18.0 Å². The second kappa shape index (κ2) is 6.53. The maximum atomic E-state index is 12.5. The van der Waals surface area contributed by atoms with Crippen molar-refractivity contribution in [2.75, 3.05) is 17.3 Å². The fourth-order valence-corrected chi connectivity index (χ4v) is 3.03. The van der Waals surface area contributed by atoms with Crippen LogP contribution in [0, 0.1) is 0 Å². The van der Waals surface area contributed by atoms with Crippen molar-refractivity contribution in [2.24, 2.45) is 5.84 Å². The molecule has 0 saturated heterocycles. The monoisotopic (exact) mass is 308 g/mol. The van der Waals surface area contributed by atoms with E-state index in [1.807, 2.05) is 6.07 Å². The van der Waals surface area contributed by atoms with Gasteiger partial charge in [0, 0.05) is 25.1 Å². The van der Waals surface area contributed by atoms with Crippen molar-refractivity contribution < 1.29 is 13.2 Å². The lowest BCUT2D eigenvalue weighted by molar-refractivity contribution is 0.185. The summed E-state index contributed by atoms with van der Waals surface area (Å²) in [6, 6.07) is 8.48. The summed E-state index contributed by atoms with van der Waals surface area (Å²) < 4.78 is 32.5. The van der Waals surface area contributed by atoms with Crippen molar-refractivity contribution in [2.45, 2.75) is 11.5 Å². The fourth-order valence-electron chi connectivity index (χ4n) is 1.81. The summed E-state index contributed by atoms with van der Waals surface area (Å²) in [7, 11) is -2.26. The van der Waals surface area contributed by atoms with Crippen LogP contribution in [-0.2, 0) is 21.4 Å². The molecule has 2 aromatic rings. The molecule has 0 aliphatic rings. The molecule has 2 rings (SSSR count). The second-order valence-corrected chi connectivity index (χ2v) is 5.86. The number of rotatable bonds is 6. The summed E-state index contributed by atoms with van der Waals surface area (Å²) in [5, 5.41) is 0. The van der Waals surface area contributed by atoms with Crippen LogP contribution in [0.4, 0.5) is 11.4 Å². The standard InChI is InChI=1S/C13H16N4O3S/c1-20-9-10-4-2-3-5-11(10)17-21(18,19)13-8-15-7-6-12(13)16-14/h2-8,17H,9,14H2,1H3,(H,15,16). The molecule has 0 saturated carbocycles. The number of hydrazine groups is 1. The third-order valence-corrected chi connectivity index (χ3v) is 4.18. The van der Waals surface area contributed by atoms with Gasteiger partial charge in [-0.2, -0.15) is 0 Å². The highest BCUT2D eigenvalue weighted by molar-refractivity contribution is 7.92. The predicted molar refractivity (Wildman–Crippen MR) is 80.0 cm³/mol. The molecule has 0 aliphatic heterocycles. The van der Waals surface area contributed by atoms with Gasteiger partial charge in [-0.15, -0.1) is 0 Å². The quantitative estimate of drug-likeness (QED) is 0.549. The Morgan fingerprint density at radius 2 is 2.00 bits per heavy atom. The first-order chi connectivity index (χ1) is 10.1. The average Bonchev–Trinajstić information content (AvgIpc) is 2.49. The number of para-hydroxylation sites is 1. The van der Waals surface area contributed by atoms with E-state index in [0.717, 1.165) is 5.56 Å². The zero-order chi connectivity index (χ0) is 15.3. The molecule has 0 unspecified atom stereocenters. The Morgan fingerprint density at radius 1 is 1.24 bits per heavy atom. The van der Waals surface area contributed by atoms with Gasteiger partial charge in [-0.25, -0.2) is 8.42 Å². The molecule has 0 aliphatic carbocycles. The number of pyridine rings is 1. The molecule has 7 nitrogen and oxygen atoms in total. The first kappa shape index (κ1) is 15.2. The Labute approximate surface area is 123 Å². The molecule has 8 heteroatoms. The Kier molecular flexibility index (Phi) is 4.73. The molecule has 0 radical (unpaired) electrons. The van der Waals surface area contributed by atoms with E-state index in [1.165, 1.54) is 18.5 Å².